The Labute approximate surface area is 142 Å². The van der Waals surface area contributed by atoms with E-state index < -0.39 is 34.6 Å². The molecule has 1 aromatic carbocycles. The molecule has 9 heteroatoms. The quantitative estimate of drug-likeness (QED) is 0.430. The number of fused-ring (bicyclic) bond motifs is 1. The molecule has 0 aromatic heterocycles. The Morgan fingerprint density at radius 2 is 1.76 bits per heavy atom. The van der Waals surface area contributed by atoms with Crippen LogP contribution < -0.4 is 0 Å². The standard InChI is InChI=1S/C16H14N2O7/c1-16-10(14(20)23-2)12(15(21)24-3)25-18(16)17(22)11(13(16)19)9-7-5-4-6-8-9/h4-8H,1-3H3. The fourth-order valence-electron chi connectivity index (χ4n) is 2.83. The molecule has 9 nitrogen and oxygen atoms in total. The van der Waals surface area contributed by atoms with Crippen LogP contribution in [0.25, 0.3) is 0 Å². The normalized spacial score (nSPS) is 22.0. The summed E-state index contributed by atoms with van der Waals surface area (Å²) in [5.74, 6) is -3.23. The van der Waals surface area contributed by atoms with Crippen molar-refractivity contribution in [2.45, 2.75) is 12.5 Å². The second kappa shape index (κ2) is 5.62. The molecule has 2 heterocycles. The lowest BCUT2D eigenvalue weighted by Crippen LogP contribution is -2.48. The first-order valence-electron chi connectivity index (χ1n) is 7.21. The third kappa shape index (κ3) is 2.09. The Bertz CT molecular complexity index is 843. The number of hydrazine groups is 1. The molecule has 0 spiro atoms. The topological polar surface area (TPSA) is 108 Å². The molecule has 1 aromatic rings. The van der Waals surface area contributed by atoms with Gasteiger partial charge >= 0.3 is 11.9 Å². The first-order valence-corrected chi connectivity index (χ1v) is 7.21. The van der Waals surface area contributed by atoms with Gasteiger partial charge in [0.15, 0.2) is 0 Å². The number of ether oxygens (including phenoxy) is 2. The van der Waals surface area contributed by atoms with Crippen molar-refractivity contribution in [3.8, 4) is 0 Å². The SMILES string of the molecule is COC(=O)C1=C(C(=O)OC)C2(C)C(=O)C(c3ccccc3)=[N+]([O-])N2O1. The minimum absolute atomic E-state index is 0.214. The number of hydroxylamine groups is 1. The highest BCUT2D eigenvalue weighted by Crippen LogP contribution is 2.41. The molecule has 3 rings (SSSR count). The van der Waals surface area contributed by atoms with Gasteiger partial charge in [-0.05, 0) is 23.9 Å². The number of hydrogen-bond acceptors (Lipinski definition) is 8. The van der Waals surface area contributed by atoms with E-state index in [9.17, 15) is 19.6 Å². The number of nitrogens with zero attached hydrogens (tertiary/aromatic N) is 2. The molecule has 0 saturated heterocycles. The van der Waals surface area contributed by atoms with E-state index in [-0.39, 0.29) is 10.6 Å². The van der Waals surface area contributed by atoms with E-state index in [0.29, 0.717) is 10.7 Å². The molecule has 0 N–H and O–H groups in total. The maximum atomic E-state index is 13.0. The maximum Gasteiger partial charge on any atom is 0.377 e. The Morgan fingerprint density at radius 1 is 1.16 bits per heavy atom. The monoisotopic (exact) mass is 346 g/mol. The summed E-state index contributed by atoms with van der Waals surface area (Å²) in [4.78, 5) is 42.6. The van der Waals surface area contributed by atoms with Gasteiger partial charge in [-0.25, -0.2) is 9.59 Å². The van der Waals surface area contributed by atoms with Gasteiger partial charge in [-0.15, -0.1) is 0 Å². The van der Waals surface area contributed by atoms with Crippen LogP contribution in [0.2, 0.25) is 0 Å². The summed E-state index contributed by atoms with van der Waals surface area (Å²) in [6.07, 6.45) is 0. The number of benzene rings is 1. The number of rotatable bonds is 3. The second-order valence-electron chi connectivity index (χ2n) is 5.44. The number of ketones is 1. The summed E-state index contributed by atoms with van der Waals surface area (Å²) in [6.45, 7) is 1.30. The van der Waals surface area contributed by atoms with E-state index in [2.05, 4.69) is 9.47 Å². The number of esters is 2. The van der Waals surface area contributed by atoms with Crippen molar-refractivity contribution in [3.63, 3.8) is 0 Å². The second-order valence-corrected chi connectivity index (χ2v) is 5.44. The smallest absolute Gasteiger partial charge is 0.377 e. The third-order valence-electron chi connectivity index (χ3n) is 4.10. The van der Waals surface area contributed by atoms with Gasteiger partial charge < -0.3 is 19.5 Å². The highest BCUT2D eigenvalue weighted by molar-refractivity contribution is 6.49. The lowest BCUT2D eigenvalue weighted by Gasteiger charge is -2.21. The van der Waals surface area contributed by atoms with Gasteiger partial charge in [0.25, 0.3) is 17.3 Å². The molecule has 2 aliphatic heterocycles. The van der Waals surface area contributed by atoms with Gasteiger partial charge in [-0.1, -0.05) is 18.2 Å². The molecule has 25 heavy (non-hydrogen) atoms. The van der Waals surface area contributed by atoms with Gasteiger partial charge in [0.1, 0.15) is 5.57 Å². The minimum atomic E-state index is -1.84. The largest absolute Gasteiger partial charge is 0.593 e. The van der Waals surface area contributed by atoms with Crippen LogP contribution in [-0.4, -0.2) is 53.2 Å². The minimum Gasteiger partial charge on any atom is -0.593 e. The average Bonchev–Trinajstić information content (AvgIpc) is 3.04. The molecular weight excluding hydrogens is 332 g/mol. The zero-order valence-electron chi connectivity index (χ0n) is 13.6. The molecule has 1 atom stereocenters. The molecule has 130 valence electrons. The van der Waals surface area contributed by atoms with E-state index in [0.717, 1.165) is 14.2 Å². The Hall–Kier alpha value is -3.36. The fraction of sp³-hybridized carbons (Fsp3) is 0.250. The zero-order valence-corrected chi connectivity index (χ0v) is 13.6. The predicted molar refractivity (Wildman–Crippen MR) is 81.6 cm³/mol. The van der Waals surface area contributed by atoms with Crippen LogP contribution in [0, 0.1) is 5.21 Å². The number of hydrazone groups is 1. The van der Waals surface area contributed by atoms with Crippen LogP contribution in [0.1, 0.15) is 12.5 Å². The van der Waals surface area contributed by atoms with Crippen molar-refractivity contribution in [2.24, 2.45) is 0 Å². The maximum absolute atomic E-state index is 13.0. The van der Waals surface area contributed by atoms with Gasteiger partial charge in [-0.3, -0.25) is 4.79 Å². The lowest BCUT2D eigenvalue weighted by molar-refractivity contribution is -0.712. The number of carbonyl (C=O) groups excluding carboxylic acids is 3. The first kappa shape index (κ1) is 16.5. The van der Waals surface area contributed by atoms with E-state index in [1.807, 2.05) is 0 Å². The van der Waals surface area contributed by atoms with Crippen LogP contribution in [0.5, 0.6) is 0 Å². The third-order valence-corrected chi connectivity index (χ3v) is 4.10. The van der Waals surface area contributed by atoms with Crippen LogP contribution in [0.15, 0.2) is 41.7 Å². The molecule has 0 bridgehead atoms. The van der Waals surface area contributed by atoms with Crippen molar-refractivity contribution in [2.75, 3.05) is 14.2 Å². The van der Waals surface area contributed by atoms with E-state index in [1.54, 1.807) is 30.3 Å². The number of Topliss-reactive ketones (excluding diaryl/α,β-unsaturated/α-hetero) is 1. The van der Waals surface area contributed by atoms with Gasteiger partial charge in [0.05, 0.1) is 19.8 Å². The Kier molecular flexibility index (Phi) is 3.71. The van der Waals surface area contributed by atoms with Crippen LogP contribution in [-0.2, 0) is 28.7 Å². The summed E-state index contributed by atoms with van der Waals surface area (Å²) in [7, 11) is 2.17. The van der Waals surface area contributed by atoms with Crippen molar-refractivity contribution < 1.29 is 33.5 Å². The molecule has 0 fully saturated rings. The Balaban J connectivity index is 2.17. The van der Waals surface area contributed by atoms with E-state index >= 15 is 0 Å². The summed E-state index contributed by atoms with van der Waals surface area (Å²) < 4.78 is 9.22. The highest BCUT2D eigenvalue weighted by Gasteiger charge is 2.68. The summed E-state index contributed by atoms with van der Waals surface area (Å²) in [6, 6.07) is 8.20. The van der Waals surface area contributed by atoms with Crippen LogP contribution >= 0.6 is 0 Å². The van der Waals surface area contributed by atoms with Crippen molar-refractivity contribution in [1.29, 1.82) is 0 Å². The molecule has 0 aliphatic carbocycles. The zero-order chi connectivity index (χ0) is 18.4. The van der Waals surface area contributed by atoms with Crippen LogP contribution in [0.4, 0.5) is 0 Å². The highest BCUT2D eigenvalue weighted by atomic mass is 16.8. The summed E-state index contributed by atoms with van der Waals surface area (Å²) in [5.41, 5.74) is -2.10. The summed E-state index contributed by atoms with van der Waals surface area (Å²) >= 11 is 0. The van der Waals surface area contributed by atoms with Gasteiger partial charge in [0, 0.05) is 5.17 Å². The Morgan fingerprint density at radius 3 is 2.32 bits per heavy atom. The number of methoxy groups -OCH3 is 2. The average molecular weight is 346 g/mol. The molecule has 0 amide bonds. The molecular formula is C16H14N2O7. The lowest BCUT2D eigenvalue weighted by atomic mass is 9.84. The summed E-state index contributed by atoms with van der Waals surface area (Å²) in [5, 5.41) is 13.3. The fourth-order valence-corrected chi connectivity index (χ4v) is 2.83. The van der Waals surface area contributed by atoms with Crippen molar-refractivity contribution >= 4 is 23.4 Å². The van der Waals surface area contributed by atoms with E-state index in [1.165, 1.54) is 6.92 Å². The molecule has 0 saturated carbocycles. The van der Waals surface area contributed by atoms with Gasteiger partial charge in [-0.2, -0.15) is 0 Å². The van der Waals surface area contributed by atoms with Crippen LogP contribution in [0.3, 0.4) is 0 Å². The molecule has 2 aliphatic rings. The predicted octanol–water partition coefficient (Wildman–Crippen LogP) is 0.0897. The molecule has 1 unspecified atom stereocenters. The van der Waals surface area contributed by atoms with E-state index in [4.69, 9.17) is 4.84 Å². The van der Waals surface area contributed by atoms with Crippen molar-refractivity contribution in [1.82, 2.24) is 5.17 Å². The number of hydrogen-bond donors (Lipinski definition) is 0. The number of carbonyl (C=O) groups is 3. The first-order chi connectivity index (χ1) is 11.9. The van der Waals surface area contributed by atoms with Gasteiger partial charge in [0.2, 0.25) is 5.54 Å². The molecule has 0 radical (unpaired) electrons. The van der Waals surface area contributed by atoms with Crippen molar-refractivity contribution in [3.05, 3.63) is 52.4 Å².